The van der Waals surface area contributed by atoms with Crippen LogP contribution in [0.15, 0.2) is 12.7 Å². The molecular weight excluding hydrogens is 164 g/mol. The number of hydrogen-bond donors (Lipinski definition) is 1. The lowest BCUT2D eigenvalue weighted by Crippen LogP contribution is -2.39. The zero-order chi connectivity index (χ0) is 10.5. The molecule has 0 radical (unpaired) electrons. The maximum Gasteiger partial charge on any atom is 0.226 e. The Morgan fingerprint density at radius 1 is 1.62 bits per heavy atom. The summed E-state index contributed by atoms with van der Waals surface area (Å²) in [5.74, 6) is 0.0940. The van der Waals surface area contributed by atoms with Crippen LogP contribution >= 0.6 is 0 Å². The first kappa shape index (κ1) is 12.2. The molecule has 0 unspecified atom stereocenters. The van der Waals surface area contributed by atoms with Gasteiger partial charge in [0.15, 0.2) is 0 Å². The lowest BCUT2D eigenvalue weighted by Gasteiger charge is -2.28. The average Bonchev–Trinajstić information content (AvgIpc) is 2.04. The highest BCUT2D eigenvalue weighted by Crippen LogP contribution is 2.14. The molecule has 0 bridgehead atoms. The van der Waals surface area contributed by atoms with Crippen LogP contribution in [-0.2, 0) is 4.79 Å². The Hall–Kier alpha value is -0.830. The van der Waals surface area contributed by atoms with Crippen molar-refractivity contribution < 1.29 is 4.79 Å². The first-order valence-electron chi connectivity index (χ1n) is 4.48. The van der Waals surface area contributed by atoms with E-state index in [0.717, 1.165) is 0 Å². The summed E-state index contributed by atoms with van der Waals surface area (Å²) >= 11 is 0. The minimum absolute atomic E-state index is 0.00835. The summed E-state index contributed by atoms with van der Waals surface area (Å²) < 4.78 is 0. The number of nitrogens with zero attached hydrogens (tertiary/aromatic N) is 1. The van der Waals surface area contributed by atoms with Gasteiger partial charge in [0.1, 0.15) is 0 Å². The van der Waals surface area contributed by atoms with Gasteiger partial charge in [-0.15, -0.1) is 6.58 Å². The minimum atomic E-state index is -0.00835. The van der Waals surface area contributed by atoms with Gasteiger partial charge in [-0.05, 0) is 12.0 Å². The second-order valence-corrected chi connectivity index (χ2v) is 4.11. The zero-order valence-corrected chi connectivity index (χ0v) is 8.84. The Bertz CT molecular complexity index is 187. The zero-order valence-electron chi connectivity index (χ0n) is 8.84. The Balaban J connectivity index is 4.06. The van der Waals surface area contributed by atoms with E-state index >= 15 is 0 Å². The van der Waals surface area contributed by atoms with Crippen molar-refractivity contribution in [1.29, 1.82) is 0 Å². The van der Waals surface area contributed by atoms with Crippen molar-refractivity contribution in [1.82, 2.24) is 4.90 Å². The molecule has 0 aromatic rings. The summed E-state index contributed by atoms with van der Waals surface area (Å²) in [6, 6.07) is 0. The standard InChI is InChI=1S/C10H20N2O/c1-5-6-9(13)12(4)8-10(2,3)7-11/h5H,1,6-8,11H2,2-4H3. The molecule has 13 heavy (non-hydrogen) atoms. The van der Waals surface area contributed by atoms with E-state index in [1.54, 1.807) is 18.0 Å². The van der Waals surface area contributed by atoms with Crippen molar-refractivity contribution in [2.24, 2.45) is 11.1 Å². The Labute approximate surface area is 80.6 Å². The van der Waals surface area contributed by atoms with Crippen LogP contribution in [0, 0.1) is 5.41 Å². The molecule has 0 aromatic heterocycles. The third-order valence-electron chi connectivity index (χ3n) is 1.96. The summed E-state index contributed by atoms with van der Waals surface area (Å²) in [6.07, 6.45) is 2.02. The number of carbonyl (C=O) groups excluding carboxylic acids is 1. The molecule has 0 heterocycles. The molecule has 3 heteroatoms. The fourth-order valence-corrected chi connectivity index (χ4v) is 1.07. The summed E-state index contributed by atoms with van der Waals surface area (Å²) in [4.78, 5) is 13.1. The van der Waals surface area contributed by atoms with Crippen molar-refractivity contribution in [2.75, 3.05) is 20.1 Å². The highest BCUT2D eigenvalue weighted by Gasteiger charge is 2.20. The molecule has 0 rings (SSSR count). The second kappa shape index (κ2) is 5.02. The van der Waals surface area contributed by atoms with Crippen LogP contribution in [0.2, 0.25) is 0 Å². The first-order valence-corrected chi connectivity index (χ1v) is 4.48. The lowest BCUT2D eigenvalue weighted by atomic mass is 9.93. The van der Waals surface area contributed by atoms with E-state index in [0.29, 0.717) is 19.5 Å². The smallest absolute Gasteiger partial charge is 0.226 e. The molecule has 76 valence electrons. The number of nitrogens with two attached hydrogens (primary N) is 1. The molecule has 0 atom stereocenters. The van der Waals surface area contributed by atoms with E-state index in [2.05, 4.69) is 6.58 Å². The third-order valence-corrected chi connectivity index (χ3v) is 1.96. The van der Waals surface area contributed by atoms with Crippen molar-refractivity contribution in [3.63, 3.8) is 0 Å². The molecule has 0 aromatic carbocycles. The van der Waals surface area contributed by atoms with Gasteiger partial charge in [0.25, 0.3) is 0 Å². The number of amides is 1. The van der Waals surface area contributed by atoms with Gasteiger partial charge in [0.2, 0.25) is 5.91 Å². The maximum atomic E-state index is 11.4. The third kappa shape index (κ3) is 4.68. The normalized spacial score (nSPS) is 11.1. The van der Waals surface area contributed by atoms with E-state index in [1.807, 2.05) is 13.8 Å². The fraction of sp³-hybridized carbons (Fsp3) is 0.700. The molecule has 1 amide bonds. The summed E-state index contributed by atoms with van der Waals surface area (Å²) in [6.45, 7) is 8.89. The highest BCUT2D eigenvalue weighted by molar-refractivity contribution is 5.77. The molecule has 3 nitrogen and oxygen atoms in total. The maximum absolute atomic E-state index is 11.4. The van der Waals surface area contributed by atoms with Crippen LogP contribution in [0.25, 0.3) is 0 Å². The lowest BCUT2D eigenvalue weighted by molar-refractivity contribution is -0.130. The van der Waals surface area contributed by atoms with Gasteiger partial charge in [-0.25, -0.2) is 0 Å². The van der Waals surface area contributed by atoms with E-state index in [1.165, 1.54) is 0 Å². The second-order valence-electron chi connectivity index (χ2n) is 4.11. The average molecular weight is 184 g/mol. The largest absolute Gasteiger partial charge is 0.345 e. The van der Waals surface area contributed by atoms with Crippen molar-refractivity contribution in [2.45, 2.75) is 20.3 Å². The molecule has 0 aliphatic carbocycles. The Morgan fingerprint density at radius 2 is 2.15 bits per heavy atom. The topological polar surface area (TPSA) is 46.3 Å². The van der Waals surface area contributed by atoms with Gasteiger partial charge in [-0.3, -0.25) is 4.79 Å². The van der Waals surface area contributed by atoms with E-state index < -0.39 is 0 Å². The van der Waals surface area contributed by atoms with Gasteiger partial charge in [-0.1, -0.05) is 19.9 Å². The Morgan fingerprint density at radius 3 is 2.54 bits per heavy atom. The van der Waals surface area contributed by atoms with Gasteiger partial charge in [0, 0.05) is 20.0 Å². The molecule has 0 aliphatic rings. The fourth-order valence-electron chi connectivity index (χ4n) is 1.07. The number of carbonyl (C=O) groups is 1. The van der Waals surface area contributed by atoms with Crippen LogP contribution in [0.5, 0.6) is 0 Å². The highest BCUT2D eigenvalue weighted by atomic mass is 16.2. The molecule has 0 aliphatic heterocycles. The predicted octanol–water partition coefficient (Wildman–Crippen LogP) is 1.01. The molecule has 0 saturated carbocycles. The molecule has 0 spiro atoms. The number of hydrogen-bond acceptors (Lipinski definition) is 2. The monoisotopic (exact) mass is 184 g/mol. The van der Waals surface area contributed by atoms with Crippen LogP contribution < -0.4 is 5.73 Å². The minimum Gasteiger partial charge on any atom is -0.345 e. The van der Waals surface area contributed by atoms with Crippen molar-refractivity contribution in [3.8, 4) is 0 Å². The predicted molar refractivity (Wildman–Crippen MR) is 55.3 cm³/mol. The van der Waals surface area contributed by atoms with Gasteiger partial charge >= 0.3 is 0 Å². The Kier molecular flexibility index (Phi) is 4.70. The van der Waals surface area contributed by atoms with Crippen LogP contribution in [0.4, 0.5) is 0 Å². The van der Waals surface area contributed by atoms with Crippen LogP contribution in [0.3, 0.4) is 0 Å². The summed E-state index contributed by atoms with van der Waals surface area (Å²) in [5, 5.41) is 0. The van der Waals surface area contributed by atoms with Crippen LogP contribution in [0.1, 0.15) is 20.3 Å². The SMILES string of the molecule is C=CCC(=O)N(C)CC(C)(C)CN. The van der Waals surface area contributed by atoms with Gasteiger partial charge < -0.3 is 10.6 Å². The first-order chi connectivity index (χ1) is 5.93. The van der Waals surface area contributed by atoms with E-state index in [4.69, 9.17) is 5.73 Å². The van der Waals surface area contributed by atoms with E-state index in [9.17, 15) is 4.79 Å². The van der Waals surface area contributed by atoms with Gasteiger partial charge in [-0.2, -0.15) is 0 Å². The quantitative estimate of drug-likeness (QED) is 0.648. The van der Waals surface area contributed by atoms with Crippen molar-refractivity contribution in [3.05, 3.63) is 12.7 Å². The molecule has 2 N–H and O–H groups in total. The van der Waals surface area contributed by atoms with Crippen LogP contribution in [-0.4, -0.2) is 30.9 Å². The molecule has 0 fully saturated rings. The molecular formula is C10H20N2O. The summed E-state index contributed by atoms with van der Waals surface area (Å²) in [7, 11) is 1.79. The van der Waals surface area contributed by atoms with E-state index in [-0.39, 0.29) is 11.3 Å². The van der Waals surface area contributed by atoms with Gasteiger partial charge in [0.05, 0.1) is 0 Å². The van der Waals surface area contributed by atoms with Crippen molar-refractivity contribution >= 4 is 5.91 Å². The summed E-state index contributed by atoms with van der Waals surface area (Å²) in [5.41, 5.74) is 5.56. The number of rotatable bonds is 5. The molecule has 0 saturated heterocycles.